The Balaban J connectivity index is 1.53. The lowest BCUT2D eigenvalue weighted by molar-refractivity contribution is 0.0726. The van der Waals surface area contributed by atoms with Gasteiger partial charge in [-0.05, 0) is 35.2 Å². The highest BCUT2D eigenvalue weighted by Gasteiger charge is 2.25. The molecular formula is C22H17N3O4S. The summed E-state index contributed by atoms with van der Waals surface area (Å²) in [4.78, 5) is 25.7. The van der Waals surface area contributed by atoms with Crippen molar-refractivity contribution in [3.8, 4) is 22.6 Å². The summed E-state index contributed by atoms with van der Waals surface area (Å²) in [6.45, 7) is 0.847. The number of carbonyl (C=O) groups is 1. The van der Waals surface area contributed by atoms with Gasteiger partial charge in [-0.3, -0.25) is 9.59 Å². The molecule has 8 heteroatoms. The number of fused-ring (bicyclic) bond motifs is 2. The molecular weight excluding hydrogens is 402 g/mol. The van der Waals surface area contributed by atoms with Gasteiger partial charge < -0.3 is 14.7 Å². The van der Waals surface area contributed by atoms with E-state index in [9.17, 15) is 14.7 Å². The van der Waals surface area contributed by atoms with Crippen LogP contribution in [0.25, 0.3) is 21.2 Å². The molecule has 0 fully saturated rings. The predicted octanol–water partition coefficient (Wildman–Crippen LogP) is 3.39. The predicted molar refractivity (Wildman–Crippen MR) is 114 cm³/mol. The van der Waals surface area contributed by atoms with Gasteiger partial charge in [0.1, 0.15) is 12.3 Å². The van der Waals surface area contributed by atoms with Gasteiger partial charge in [0.25, 0.3) is 11.5 Å². The van der Waals surface area contributed by atoms with Gasteiger partial charge in [0.2, 0.25) is 0 Å². The first-order valence-corrected chi connectivity index (χ1v) is 10.3. The molecule has 0 radical (unpaired) electrons. The summed E-state index contributed by atoms with van der Waals surface area (Å²) in [7, 11) is 0. The lowest BCUT2D eigenvalue weighted by atomic mass is 10.0. The van der Waals surface area contributed by atoms with Gasteiger partial charge in [-0.25, -0.2) is 5.10 Å². The van der Waals surface area contributed by atoms with Crippen LogP contribution in [0.5, 0.6) is 11.5 Å². The Morgan fingerprint density at radius 2 is 2.07 bits per heavy atom. The van der Waals surface area contributed by atoms with Crippen LogP contribution in [0.2, 0.25) is 0 Å². The number of H-pyrrole nitrogens is 1. The molecule has 0 bridgehead atoms. The number of amides is 1. The molecule has 0 aliphatic carbocycles. The zero-order valence-electron chi connectivity index (χ0n) is 15.8. The molecule has 0 saturated heterocycles. The van der Waals surface area contributed by atoms with Gasteiger partial charge in [0.15, 0.2) is 11.5 Å². The largest absolute Gasteiger partial charge is 0.504 e. The minimum Gasteiger partial charge on any atom is -0.504 e. The van der Waals surface area contributed by atoms with E-state index < -0.39 is 0 Å². The molecule has 2 aromatic heterocycles. The standard InChI is InChI=1S/C22H17N3O4S/c26-18-10-13(16-12-30-19-4-2-1-3-15(16)19)9-14-11-25(7-8-29-21(14)18)22(28)17-5-6-20(27)24-23-17/h1-6,9-10,12,26H,7-8,11H2,(H,24,27). The normalized spacial score (nSPS) is 13.5. The summed E-state index contributed by atoms with van der Waals surface area (Å²) in [5.74, 6) is 0.130. The molecule has 2 aromatic carbocycles. The molecule has 5 rings (SSSR count). The second-order valence-corrected chi connectivity index (χ2v) is 7.92. The van der Waals surface area contributed by atoms with Crippen LogP contribution in [0.15, 0.2) is 58.7 Å². The first-order chi connectivity index (χ1) is 14.6. The van der Waals surface area contributed by atoms with Gasteiger partial charge in [-0.2, -0.15) is 5.10 Å². The van der Waals surface area contributed by atoms with Gasteiger partial charge in [0.05, 0.1) is 6.54 Å². The average Bonchev–Trinajstić information content (AvgIpc) is 3.06. The first kappa shape index (κ1) is 18.4. The topological polar surface area (TPSA) is 95.5 Å². The summed E-state index contributed by atoms with van der Waals surface area (Å²) in [6.07, 6.45) is 0. The van der Waals surface area contributed by atoms with Crippen LogP contribution in [0.4, 0.5) is 0 Å². The van der Waals surface area contributed by atoms with Crippen LogP contribution < -0.4 is 10.3 Å². The smallest absolute Gasteiger partial charge is 0.274 e. The molecule has 0 atom stereocenters. The average molecular weight is 419 g/mol. The van der Waals surface area contributed by atoms with Crippen molar-refractivity contribution in [1.29, 1.82) is 0 Å². The maximum absolute atomic E-state index is 12.9. The Morgan fingerprint density at radius 1 is 1.20 bits per heavy atom. The summed E-state index contributed by atoms with van der Waals surface area (Å²) < 4.78 is 6.92. The van der Waals surface area contributed by atoms with Crippen molar-refractivity contribution in [1.82, 2.24) is 15.1 Å². The maximum atomic E-state index is 12.9. The molecule has 1 amide bonds. The second kappa shape index (κ2) is 7.31. The van der Waals surface area contributed by atoms with Gasteiger partial charge in [0, 0.05) is 33.8 Å². The fourth-order valence-corrected chi connectivity index (χ4v) is 4.62. The summed E-state index contributed by atoms with van der Waals surface area (Å²) in [5.41, 5.74) is 2.40. The van der Waals surface area contributed by atoms with Gasteiger partial charge in [-0.1, -0.05) is 18.2 Å². The number of hydrogen-bond acceptors (Lipinski definition) is 6. The van der Waals surface area contributed by atoms with Crippen molar-refractivity contribution in [2.24, 2.45) is 0 Å². The van der Waals surface area contributed by atoms with E-state index >= 15 is 0 Å². The number of aromatic nitrogens is 2. The maximum Gasteiger partial charge on any atom is 0.274 e. The Bertz CT molecular complexity index is 1310. The van der Waals surface area contributed by atoms with E-state index in [1.807, 2.05) is 18.2 Å². The highest BCUT2D eigenvalue weighted by atomic mass is 32.1. The highest BCUT2D eigenvalue weighted by Crippen LogP contribution is 2.41. The van der Waals surface area contributed by atoms with E-state index in [1.165, 1.54) is 16.8 Å². The molecule has 7 nitrogen and oxygen atoms in total. The molecule has 150 valence electrons. The Hall–Kier alpha value is -3.65. The molecule has 0 saturated carbocycles. The molecule has 2 N–H and O–H groups in total. The van der Waals surface area contributed by atoms with Crippen molar-refractivity contribution >= 4 is 27.3 Å². The van der Waals surface area contributed by atoms with E-state index in [1.54, 1.807) is 22.3 Å². The lowest BCUT2D eigenvalue weighted by Crippen LogP contribution is -2.33. The summed E-state index contributed by atoms with van der Waals surface area (Å²) in [6, 6.07) is 14.4. The first-order valence-electron chi connectivity index (χ1n) is 9.40. The van der Waals surface area contributed by atoms with Crippen LogP contribution >= 0.6 is 11.3 Å². The number of ether oxygens (including phenoxy) is 1. The van der Waals surface area contributed by atoms with Crippen molar-refractivity contribution in [2.75, 3.05) is 13.2 Å². The van der Waals surface area contributed by atoms with Crippen molar-refractivity contribution in [3.05, 3.63) is 75.5 Å². The molecule has 1 aliphatic rings. The fourth-order valence-electron chi connectivity index (χ4n) is 3.65. The van der Waals surface area contributed by atoms with Gasteiger partial charge in [-0.15, -0.1) is 11.3 Å². The van der Waals surface area contributed by atoms with Crippen molar-refractivity contribution in [2.45, 2.75) is 6.54 Å². The van der Waals surface area contributed by atoms with Gasteiger partial charge >= 0.3 is 0 Å². The number of phenolic OH excluding ortho intramolecular Hbond substituents is 1. The number of rotatable bonds is 2. The third-order valence-corrected chi connectivity index (χ3v) is 6.06. The van der Waals surface area contributed by atoms with E-state index in [0.29, 0.717) is 12.3 Å². The number of nitrogens with zero attached hydrogens (tertiary/aromatic N) is 2. The third kappa shape index (κ3) is 3.21. The number of carbonyl (C=O) groups excluding carboxylic acids is 1. The number of nitrogens with one attached hydrogen (secondary N) is 1. The van der Waals surface area contributed by atoms with Crippen molar-refractivity contribution in [3.63, 3.8) is 0 Å². The second-order valence-electron chi connectivity index (χ2n) is 7.01. The Labute approximate surface area is 175 Å². The molecule has 0 unspecified atom stereocenters. The zero-order valence-corrected chi connectivity index (χ0v) is 16.6. The van der Waals surface area contributed by atoms with Crippen molar-refractivity contribution < 1.29 is 14.6 Å². The number of phenols is 1. The Morgan fingerprint density at radius 3 is 2.90 bits per heavy atom. The number of aromatic amines is 1. The van der Waals surface area contributed by atoms with E-state index in [4.69, 9.17) is 4.74 Å². The fraction of sp³-hybridized carbons (Fsp3) is 0.136. The third-order valence-electron chi connectivity index (χ3n) is 5.09. The highest BCUT2D eigenvalue weighted by molar-refractivity contribution is 7.17. The molecule has 0 spiro atoms. The minimum absolute atomic E-state index is 0.0502. The number of hydrogen-bond donors (Lipinski definition) is 2. The number of benzene rings is 2. The molecule has 30 heavy (non-hydrogen) atoms. The molecule has 4 aromatic rings. The van der Waals surface area contributed by atoms with Crippen LogP contribution in [0.1, 0.15) is 16.1 Å². The van der Waals surface area contributed by atoms with Crippen LogP contribution in [0.3, 0.4) is 0 Å². The quantitative estimate of drug-likeness (QED) is 0.519. The van der Waals surface area contributed by atoms with Crippen LogP contribution in [0, 0.1) is 0 Å². The summed E-state index contributed by atoms with van der Waals surface area (Å²) >= 11 is 1.65. The SMILES string of the molecule is O=C(c1ccc(=O)[nH]n1)N1CCOc2c(O)cc(-c3csc4ccccc34)cc2C1. The zero-order chi connectivity index (χ0) is 20.7. The monoisotopic (exact) mass is 419 g/mol. The van der Waals surface area contributed by atoms with E-state index in [2.05, 4.69) is 27.7 Å². The number of aromatic hydroxyl groups is 1. The van der Waals surface area contributed by atoms with Crippen LogP contribution in [-0.4, -0.2) is 39.3 Å². The lowest BCUT2D eigenvalue weighted by Gasteiger charge is -2.19. The summed E-state index contributed by atoms with van der Waals surface area (Å²) in [5, 5.41) is 19.9. The van der Waals surface area contributed by atoms with E-state index in [0.717, 1.165) is 22.1 Å². The Kier molecular flexibility index (Phi) is 4.48. The minimum atomic E-state index is -0.367. The molecule has 1 aliphatic heterocycles. The van der Waals surface area contributed by atoms with E-state index in [-0.39, 0.29) is 36.1 Å². The van der Waals surface area contributed by atoms with Crippen LogP contribution in [-0.2, 0) is 6.54 Å². The molecule has 3 heterocycles. The number of thiophene rings is 1.